The molecule has 1 spiro atoms. The standard InChI is InChI=1S/C31H31N3O3/c1-2-37-28-12-10-26(11-13-28)29(35)33-17-14-31(15-18-33)16-19-34(23-31)30(36)27-20-25(21-32-22-27)9-8-24-6-4-3-5-7-24/h3-7,10-13,20-22H,2,14-19,23H2,1H3. The molecule has 2 aliphatic rings. The van der Waals surface area contributed by atoms with Crippen LogP contribution in [0.25, 0.3) is 0 Å². The summed E-state index contributed by atoms with van der Waals surface area (Å²) in [6.45, 7) is 5.41. The molecule has 2 fully saturated rings. The Morgan fingerprint density at radius 2 is 1.49 bits per heavy atom. The van der Waals surface area contributed by atoms with Crippen LogP contribution in [0.5, 0.6) is 5.75 Å². The van der Waals surface area contributed by atoms with Crippen molar-refractivity contribution in [1.82, 2.24) is 14.8 Å². The van der Waals surface area contributed by atoms with Gasteiger partial charge in [-0.3, -0.25) is 14.6 Å². The number of piperidine rings is 1. The molecule has 188 valence electrons. The molecule has 0 bridgehead atoms. The molecule has 0 unspecified atom stereocenters. The highest BCUT2D eigenvalue weighted by Gasteiger charge is 2.43. The summed E-state index contributed by atoms with van der Waals surface area (Å²) in [6, 6.07) is 19.0. The van der Waals surface area contributed by atoms with Gasteiger partial charge < -0.3 is 14.5 Å². The zero-order valence-electron chi connectivity index (χ0n) is 21.2. The number of likely N-dealkylation sites (tertiary alicyclic amines) is 2. The molecule has 0 aliphatic carbocycles. The van der Waals surface area contributed by atoms with Gasteiger partial charge in [0, 0.05) is 55.3 Å². The second-order valence-corrected chi connectivity index (χ2v) is 9.80. The first-order valence-corrected chi connectivity index (χ1v) is 12.9. The Morgan fingerprint density at radius 3 is 2.19 bits per heavy atom. The van der Waals surface area contributed by atoms with Gasteiger partial charge in [-0.2, -0.15) is 0 Å². The average Bonchev–Trinajstić information content (AvgIpc) is 3.36. The first-order valence-electron chi connectivity index (χ1n) is 12.9. The van der Waals surface area contributed by atoms with Crippen molar-refractivity contribution in [1.29, 1.82) is 0 Å². The molecule has 2 aliphatic heterocycles. The highest BCUT2D eigenvalue weighted by molar-refractivity contribution is 5.95. The summed E-state index contributed by atoms with van der Waals surface area (Å²) >= 11 is 0. The number of nitrogens with zero attached hydrogens (tertiary/aromatic N) is 3. The second kappa shape index (κ2) is 10.9. The monoisotopic (exact) mass is 493 g/mol. The number of hydrogen-bond donors (Lipinski definition) is 0. The minimum atomic E-state index is 0.000583. The number of benzene rings is 2. The number of aromatic nitrogens is 1. The predicted octanol–water partition coefficient (Wildman–Crippen LogP) is 4.65. The highest BCUT2D eigenvalue weighted by atomic mass is 16.5. The van der Waals surface area contributed by atoms with Crippen molar-refractivity contribution >= 4 is 11.8 Å². The van der Waals surface area contributed by atoms with Gasteiger partial charge in [-0.25, -0.2) is 0 Å². The van der Waals surface area contributed by atoms with Crippen LogP contribution in [-0.2, 0) is 0 Å². The maximum atomic E-state index is 13.3. The minimum Gasteiger partial charge on any atom is -0.494 e. The van der Waals surface area contributed by atoms with Crippen molar-refractivity contribution in [2.24, 2.45) is 5.41 Å². The molecular weight excluding hydrogens is 462 g/mol. The molecule has 37 heavy (non-hydrogen) atoms. The first-order chi connectivity index (χ1) is 18.0. The van der Waals surface area contributed by atoms with Gasteiger partial charge in [0.1, 0.15) is 5.75 Å². The third-order valence-electron chi connectivity index (χ3n) is 7.36. The molecule has 1 aromatic heterocycles. The molecular formula is C31H31N3O3. The molecule has 2 amide bonds. The van der Waals surface area contributed by atoms with Crippen molar-refractivity contribution in [2.45, 2.75) is 26.2 Å². The van der Waals surface area contributed by atoms with E-state index in [1.807, 2.05) is 77.4 Å². The molecule has 0 saturated carbocycles. The van der Waals surface area contributed by atoms with E-state index in [1.54, 1.807) is 12.4 Å². The fourth-order valence-electron chi connectivity index (χ4n) is 5.22. The number of carbonyl (C=O) groups is 2. The summed E-state index contributed by atoms with van der Waals surface area (Å²) in [5.74, 6) is 7.07. The van der Waals surface area contributed by atoms with Crippen molar-refractivity contribution in [3.63, 3.8) is 0 Å². The molecule has 2 saturated heterocycles. The zero-order valence-corrected chi connectivity index (χ0v) is 21.2. The lowest BCUT2D eigenvalue weighted by atomic mass is 9.77. The summed E-state index contributed by atoms with van der Waals surface area (Å²) in [5.41, 5.74) is 2.98. The Hall–Kier alpha value is -4.11. The number of hydrogen-bond acceptors (Lipinski definition) is 4. The fraction of sp³-hybridized carbons (Fsp3) is 0.323. The lowest BCUT2D eigenvalue weighted by Crippen LogP contribution is -2.44. The van der Waals surface area contributed by atoms with Crippen molar-refractivity contribution in [2.75, 3.05) is 32.8 Å². The van der Waals surface area contributed by atoms with Crippen LogP contribution in [0, 0.1) is 17.3 Å². The average molecular weight is 494 g/mol. The predicted molar refractivity (Wildman–Crippen MR) is 142 cm³/mol. The quantitative estimate of drug-likeness (QED) is 0.497. The second-order valence-electron chi connectivity index (χ2n) is 9.80. The number of carbonyl (C=O) groups excluding carboxylic acids is 2. The van der Waals surface area contributed by atoms with E-state index in [9.17, 15) is 9.59 Å². The van der Waals surface area contributed by atoms with Crippen LogP contribution < -0.4 is 4.74 Å². The molecule has 3 aromatic rings. The third-order valence-corrected chi connectivity index (χ3v) is 7.36. The third kappa shape index (κ3) is 5.67. The summed E-state index contributed by atoms with van der Waals surface area (Å²) in [6.07, 6.45) is 6.08. The van der Waals surface area contributed by atoms with E-state index < -0.39 is 0 Å². The summed E-state index contributed by atoms with van der Waals surface area (Å²) in [7, 11) is 0. The van der Waals surface area contributed by atoms with Gasteiger partial charge in [0.2, 0.25) is 0 Å². The Kier molecular flexibility index (Phi) is 7.23. The van der Waals surface area contributed by atoms with Gasteiger partial charge in [-0.05, 0) is 74.1 Å². The van der Waals surface area contributed by atoms with E-state index >= 15 is 0 Å². The summed E-state index contributed by atoms with van der Waals surface area (Å²) in [5, 5.41) is 0. The van der Waals surface area contributed by atoms with E-state index in [4.69, 9.17) is 4.74 Å². The number of amides is 2. The summed E-state index contributed by atoms with van der Waals surface area (Å²) in [4.78, 5) is 34.4. The topological polar surface area (TPSA) is 62.7 Å². The van der Waals surface area contributed by atoms with E-state index in [0.717, 1.165) is 49.2 Å². The maximum Gasteiger partial charge on any atom is 0.255 e. The highest BCUT2D eigenvalue weighted by Crippen LogP contribution is 2.41. The van der Waals surface area contributed by atoms with Crippen LogP contribution in [0.15, 0.2) is 73.1 Å². The number of pyridine rings is 1. The van der Waals surface area contributed by atoms with E-state index in [1.165, 1.54) is 0 Å². The van der Waals surface area contributed by atoms with Gasteiger partial charge in [-0.15, -0.1) is 0 Å². The lowest BCUT2D eigenvalue weighted by Gasteiger charge is -2.39. The van der Waals surface area contributed by atoms with Crippen LogP contribution in [0.1, 0.15) is 58.0 Å². The first kappa shape index (κ1) is 24.6. The molecule has 0 radical (unpaired) electrons. The Bertz CT molecular complexity index is 1320. The summed E-state index contributed by atoms with van der Waals surface area (Å²) < 4.78 is 5.48. The van der Waals surface area contributed by atoms with Crippen LogP contribution in [0.3, 0.4) is 0 Å². The molecule has 2 aromatic carbocycles. The van der Waals surface area contributed by atoms with Crippen LogP contribution in [-0.4, -0.2) is 59.4 Å². The Labute approximate surface area is 218 Å². The van der Waals surface area contributed by atoms with Crippen molar-refractivity contribution in [3.05, 3.63) is 95.3 Å². The number of rotatable bonds is 4. The van der Waals surface area contributed by atoms with Crippen molar-refractivity contribution < 1.29 is 14.3 Å². The molecule has 0 atom stereocenters. The lowest BCUT2D eigenvalue weighted by molar-refractivity contribution is 0.0565. The Balaban J connectivity index is 1.18. The van der Waals surface area contributed by atoms with E-state index in [0.29, 0.717) is 30.8 Å². The largest absolute Gasteiger partial charge is 0.494 e. The maximum absolute atomic E-state index is 13.3. The normalized spacial score (nSPS) is 16.2. The zero-order chi connectivity index (χ0) is 25.7. The molecule has 5 rings (SSSR count). The van der Waals surface area contributed by atoms with E-state index in [-0.39, 0.29) is 17.2 Å². The molecule has 6 nitrogen and oxygen atoms in total. The smallest absolute Gasteiger partial charge is 0.255 e. The SMILES string of the molecule is CCOc1ccc(C(=O)N2CCC3(CC2)CCN(C(=O)c2cncc(C#Cc4ccccc4)c2)C3)cc1. The fourth-order valence-corrected chi connectivity index (χ4v) is 5.22. The minimum absolute atomic E-state index is 0.000583. The van der Waals surface area contributed by atoms with Gasteiger partial charge in [0.25, 0.3) is 11.8 Å². The van der Waals surface area contributed by atoms with E-state index in [2.05, 4.69) is 16.8 Å². The van der Waals surface area contributed by atoms with Crippen LogP contribution in [0.4, 0.5) is 0 Å². The van der Waals surface area contributed by atoms with Gasteiger partial charge in [0.05, 0.1) is 12.2 Å². The van der Waals surface area contributed by atoms with Gasteiger partial charge in [0.15, 0.2) is 0 Å². The van der Waals surface area contributed by atoms with Crippen molar-refractivity contribution in [3.8, 4) is 17.6 Å². The molecule has 0 N–H and O–H groups in total. The van der Waals surface area contributed by atoms with Gasteiger partial charge in [-0.1, -0.05) is 30.0 Å². The molecule has 6 heteroatoms. The Morgan fingerprint density at radius 1 is 0.838 bits per heavy atom. The van der Waals surface area contributed by atoms with Gasteiger partial charge >= 0.3 is 0 Å². The molecule has 3 heterocycles. The number of ether oxygens (including phenoxy) is 1. The van der Waals surface area contributed by atoms with Crippen LogP contribution in [0.2, 0.25) is 0 Å². The van der Waals surface area contributed by atoms with Crippen LogP contribution >= 0.6 is 0 Å².